The molecule has 0 bridgehead atoms. The van der Waals surface area contributed by atoms with Crippen molar-refractivity contribution in [3.05, 3.63) is 29.3 Å². The summed E-state index contributed by atoms with van der Waals surface area (Å²) >= 11 is 0. The number of nitrogens with zero attached hydrogens (tertiary/aromatic N) is 1. The molecule has 1 saturated heterocycles. The van der Waals surface area contributed by atoms with Crippen LogP contribution in [-0.4, -0.2) is 13.1 Å². The largest absolute Gasteiger partial charge is 0.371 e. The van der Waals surface area contributed by atoms with Crippen molar-refractivity contribution in [1.29, 1.82) is 0 Å². The summed E-state index contributed by atoms with van der Waals surface area (Å²) in [5, 5.41) is 0. The van der Waals surface area contributed by atoms with Gasteiger partial charge in [0.1, 0.15) is 0 Å². The molecule has 0 saturated carbocycles. The van der Waals surface area contributed by atoms with Crippen molar-refractivity contribution in [2.75, 3.05) is 18.0 Å². The molecule has 1 aliphatic heterocycles. The third-order valence-corrected chi connectivity index (χ3v) is 4.28. The Kier molecular flexibility index (Phi) is 4.28. The second-order valence-corrected chi connectivity index (χ2v) is 5.90. The Morgan fingerprint density at radius 2 is 1.94 bits per heavy atom. The number of aryl methyl sites for hydroxylation is 1. The summed E-state index contributed by atoms with van der Waals surface area (Å²) in [7, 11) is 0. The van der Waals surface area contributed by atoms with E-state index in [0.717, 1.165) is 11.8 Å². The van der Waals surface area contributed by atoms with Gasteiger partial charge in [-0.25, -0.2) is 0 Å². The lowest BCUT2D eigenvalue weighted by Gasteiger charge is -2.36. The summed E-state index contributed by atoms with van der Waals surface area (Å²) in [4.78, 5) is 2.51. The lowest BCUT2D eigenvalue weighted by Crippen LogP contribution is -2.35. The highest BCUT2D eigenvalue weighted by Crippen LogP contribution is 2.30. The summed E-state index contributed by atoms with van der Waals surface area (Å²) in [6.07, 6.45) is 2.63. The third-order valence-electron chi connectivity index (χ3n) is 4.28. The summed E-state index contributed by atoms with van der Waals surface area (Å²) < 4.78 is 0. The van der Waals surface area contributed by atoms with E-state index in [1.165, 1.54) is 42.7 Å². The molecule has 0 unspecified atom stereocenters. The van der Waals surface area contributed by atoms with Crippen molar-refractivity contribution in [3.8, 4) is 0 Å². The molecule has 0 aromatic heterocycles. The first-order chi connectivity index (χ1) is 8.61. The SMILES string of the molecule is Cc1ccc(N2CCC(C(C)C)CC2)c(CN)c1. The molecule has 0 amide bonds. The van der Waals surface area contributed by atoms with Gasteiger partial charge in [-0.3, -0.25) is 0 Å². The number of hydrogen-bond acceptors (Lipinski definition) is 2. The Morgan fingerprint density at radius 3 is 2.50 bits per heavy atom. The molecule has 1 aromatic rings. The van der Waals surface area contributed by atoms with Gasteiger partial charge in [0, 0.05) is 25.3 Å². The zero-order valence-electron chi connectivity index (χ0n) is 11.9. The van der Waals surface area contributed by atoms with Crippen LogP contribution in [0.25, 0.3) is 0 Å². The molecule has 18 heavy (non-hydrogen) atoms. The van der Waals surface area contributed by atoms with E-state index >= 15 is 0 Å². The van der Waals surface area contributed by atoms with E-state index in [0.29, 0.717) is 6.54 Å². The molecule has 0 atom stereocenters. The predicted octanol–water partition coefficient (Wildman–Crippen LogP) is 3.33. The van der Waals surface area contributed by atoms with Crippen molar-refractivity contribution in [3.63, 3.8) is 0 Å². The van der Waals surface area contributed by atoms with Gasteiger partial charge in [-0.2, -0.15) is 0 Å². The summed E-state index contributed by atoms with van der Waals surface area (Å²) in [6, 6.07) is 6.67. The molecule has 1 heterocycles. The van der Waals surface area contributed by atoms with Crippen LogP contribution in [0.3, 0.4) is 0 Å². The van der Waals surface area contributed by atoms with Gasteiger partial charge in [-0.15, -0.1) is 0 Å². The fourth-order valence-corrected chi connectivity index (χ4v) is 2.99. The maximum absolute atomic E-state index is 5.88. The van der Waals surface area contributed by atoms with E-state index in [4.69, 9.17) is 5.73 Å². The van der Waals surface area contributed by atoms with Gasteiger partial charge in [-0.05, 0) is 43.2 Å². The first kappa shape index (κ1) is 13.4. The van der Waals surface area contributed by atoms with Gasteiger partial charge in [0.2, 0.25) is 0 Å². The average Bonchev–Trinajstić information content (AvgIpc) is 2.38. The van der Waals surface area contributed by atoms with Crippen molar-refractivity contribution in [1.82, 2.24) is 0 Å². The monoisotopic (exact) mass is 246 g/mol. The Morgan fingerprint density at radius 1 is 1.28 bits per heavy atom. The van der Waals surface area contributed by atoms with Gasteiger partial charge < -0.3 is 10.6 Å². The van der Waals surface area contributed by atoms with Crippen LogP contribution in [0, 0.1) is 18.8 Å². The third kappa shape index (κ3) is 2.86. The predicted molar refractivity (Wildman–Crippen MR) is 78.8 cm³/mol. The zero-order chi connectivity index (χ0) is 13.1. The standard InChI is InChI=1S/C16H26N2/c1-12(2)14-6-8-18(9-7-14)16-5-4-13(3)10-15(16)11-17/h4-5,10,12,14H,6-9,11,17H2,1-3H3. The Hall–Kier alpha value is -1.02. The summed E-state index contributed by atoms with van der Waals surface area (Å²) in [5.74, 6) is 1.71. The number of piperidine rings is 1. The molecule has 0 radical (unpaired) electrons. The number of benzene rings is 1. The van der Waals surface area contributed by atoms with E-state index < -0.39 is 0 Å². The van der Waals surface area contributed by atoms with E-state index in [1.807, 2.05) is 0 Å². The number of rotatable bonds is 3. The molecule has 1 fully saturated rings. The Labute approximate surface area is 111 Å². The molecule has 1 aromatic carbocycles. The number of nitrogens with two attached hydrogens (primary N) is 1. The number of anilines is 1. The van der Waals surface area contributed by atoms with E-state index in [1.54, 1.807) is 0 Å². The maximum atomic E-state index is 5.88. The smallest absolute Gasteiger partial charge is 0.0411 e. The normalized spacial score (nSPS) is 17.5. The van der Waals surface area contributed by atoms with Crippen LogP contribution in [0.4, 0.5) is 5.69 Å². The van der Waals surface area contributed by atoms with Gasteiger partial charge in [-0.1, -0.05) is 31.5 Å². The van der Waals surface area contributed by atoms with Crippen molar-refractivity contribution < 1.29 is 0 Å². The van der Waals surface area contributed by atoms with Gasteiger partial charge in [0.25, 0.3) is 0 Å². The molecule has 100 valence electrons. The zero-order valence-corrected chi connectivity index (χ0v) is 11.9. The van der Waals surface area contributed by atoms with Crippen LogP contribution in [0.5, 0.6) is 0 Å². The van der Waals surface area contributed by atoms with Gasteiger partial charge >= 0.3 is 0 Å². The Balaban J connectivity index is 2.09. The minimum absolute atomic E-state index is 0.640. The van der Waals surface area contributed by atoms with Crippen molar-refractivity contribution in [2.24, 2.45) is 17.6 Å². The molecular weight excluding hydrogens is 220 g/mol. The van der Waals surface area contributed by atoms with Crippen LogP contribution < -0.4 is 10.6 Å². The average molecular weight is 246 g/mol. The fourth-order valence-electron chi connectivity index (χ4n) is 2.99. The minimum Gasteiger partial charge on any atom is -0.371 e. The van der Waals surface area contributed by atoms with E-state index in [-0.39, 0.29) is 0 Å². The quantitative estimate of drug-likeness (QED) is 0.886. The Bertz CT molecular complexity index is 390. The van der Waals surface area contributed by atoms with Gasteiger partial charge in [0.05, 0.1) is 0 Å². The van der Waals surface area contributed by atoms with Crippen molar-refractivity contribution >= 4 is 5.69 Å². The molecular formula is C16H26N2. The fraction of sp³-hybridized carbons (Fsp3) is 0.625. The summed E-state index contributed by atoms with van der Waals surface area (Å²) in [6.45, 7) is 9.82. The van der Waals surface area contributed by atoms with Crippen LogP contribution >= 0.6 is 0 Å². The molecule has 2 nitrogen and oxygen atoms in total. The molecule has 0 spiro atoms. The lowest BCUT2D eigenvalue weighted by atomic mass is 9.86. The second kappa shape index (κ2) is 5.75. The molecule has 2 heteroatoms. The highest BCUT2D eigenvalue weighted by molar-refractivity contribution is 5.55. The van der Waals surface area contributed by atoms with Crippen LogP contribution in [0.1, 0.15) is 37.8 Å². The van der Waals surface area contributed by atoms with Gasteiger partial charge in [0.15, 0.2) is 0 Å². The highest BCUT2D eigenvalue weighted by Gasteiger charge is 2.22. The number of hydrogen-bond donors (Lipinski definition) is 1. The van der Waals surface area contributed by atoms with E-state index in [2.05, 4.69) is 43.9 Å². The lowest BCUT2D eigenvalue weighted by molar-refractivity contribution is 0.311. The molecule has 1 aliphatic rings. The minimum atomic E-state index is 0.640. The first-order valence-electron chi connectivity index (χ1n) is 7.16. The van der Waals surface area contributed by atoms with Crippen LogP contribution in [0.2, 0.25) is 0 Å². The second-order valence-electron chi connectivity index (χ2n) is 5.90. The molecule has 0 aliphatic carbocycles. The van der Waals surface area contributed by atoms with Crippen LogP contribution in [0.15, 0.2) is 18.2 Å². The molecule has 2 rings (SSSR count). The maximum Gasteiger partial charge on any atom is 0.0411 e. The molecule has 2 N–H and O–H groups in total. The van der Waals surface area contributed by atoms with E-state index in [9.17, 15) is 0 Å². The van der Waals surface area contributed by atoms with Crippen molar-refractivity contribution in [2.45, 2.75) is 40.2 Å². The first-order valence-corrected chi connectivity index (χ1v) is 7.16. The topological polar surface area (TPSA) is 29.3 Å². The highest BCUT2D eigenvalue weighted by atomic mass is 15.1. The van der Waals surface area contributed by atoms with Crippen LogP contribution in [-0.2, 0) is 6.54 Å². The summed E-state index contributed by atoms with van der Waals surface area (Å²) in [5.41, 5.74) is 9.82.